The number of likely N-dealkylation sites (N-methyl/N-ethyl adjacent to an activating group) is 1. The minimum Gasteiger partial charge on any atom is -0.351 e. The third-order valence-electron chi connectivity index (χ3n) is 2.80. The molecule has 1 aliphatic heterocycles. The molecule has 3 heteroatoms. The van der Waals surface area contributed by atoms with Crippen molar-refractivity contribution in [2.24, 2.45) is 0 Å². The Balaban J connectivity index is 2.75. The average molecular weight is 156 g/mol. The number of hydrogen-bond donors (Lipinski definition) is 1. The zero-order chi connectivity index (χ0) is 8.65. The summed E-state index contributed by atoms with van der Waals surface area (Å²) in [5.41, 5.74) is 0.0773. The molecular weight excluding hydrogens is 140 g/mol. The molecule has 1 unspecified atom stereocenters. The highest BCUT2D eigenvalue weighted by atomic mass is 16.2. The first-order valence-electron chi connectivity index (χ1n) is 3.95. The molecule has 0 radical (unpaired) electrons. The molecule has 0 aromatic rings. The van der Waals surface area contributed by atoms with Crippen molar-refractivity contribution in [2.75, 3.05) is 13.6 Å². The molecular formula is C8H16N2O. The second-order valence-corrected chi connectivity index (χ2v) is 3.80. The molecule has 0 bridgehead atoms. The molecule has 0 aromatic heterocycles. The minimum absolute atomic E-state index is 0.0773. The summed E-state index contributed by atoms with van der Waals surface area (Å²) in [4.78, 5) is 13.1. The summed E-state index contributed by atoms with van der Waals surface area (Å²) < 4.78 is 0. The van der Waals surface area contributed by atoms with Gasteiger partial charge in [-0.1, -0.05) is 0 Å². The standard InChI is InChI=1S/C8H16N2O/c1-6-8(2,3)10(4)5-7(11)9-6/h6H,5H2,1-4H3,(H,9,11). The van der Waals surface area contributed by atoms with E-state index in [9.17, 15) is 4.79 Å². The van der Waals surface area contributed by atoms with Gasteiger partial charge in [-0.25, -0.2) is 0 Å². The van der Waals surface area contributed by atoms with Crippen LogP contribution in [0.2, 0.25) is 0 Å². The number of rotatable bonds is 0. The van der Waals surface area contributed by atoms with Gasteiger partial charge in [0, 0.05) is 11.6 Å². The summed E-state index contributed by atoms with van der Waals surface area (Å²) in [5.74, 6) is 0.124. The molecule has 0 aromatic carbocycles. The maximum absolute atomic E-state index is 11.0. The van der Waals surface area contributed by atoms with Crippen LogP contribution in [0.1, 0.15) is 20.8 Å². The Morgan fingerprint density at radius 2 is 2.18 bits per heavy atom. The van der Waals surface area contributed by atoms with E-state index < -0.39 is 0 Å². The largest absolute Gasteiger partial charge is 0.351 e. The van der Waals surface area contributed by atoms with Crippen molar-refractivity contribution in [3.8, 4) is 0 Å². The van der Waals surface area contributed by atoms with E-state index in [-0.39, 0.29) is 17.5 Å². The van der Waals surface area contributed by atoms with Gasteiger partial charge in [-0.2, -0.15) is 0 Å². The van der Waals surface area contributed by atoms with E-state index in [1.807, 2.05) is 14.0 Å². The Morgan fingerprint density at radius 1 is 1.64 bits per heavy atom. The van der Waals surface area contributed by atoms with E-state index in [1.54, 1.807) is 0 Å². The lowest BCUT2D eigenvalue weighted by atomic mass is 9.92. The first kappa shape index (κ1) is 8.53. The molecule has 1 saturated heterocycles. The van der Waals surface area contributed by atoms with Crippen LogP contribution < -0.4 is 5.32 Å². The van der Waals surface area contributed by atoms with E-state index in [4.69, 9.17) is 0 Å². The fourth-order valence-corrected chi connectivity index (χ4v) is 1.21. The van der Waals surface area contributed by atoms with Gasteiger partial charge in [0.1, 0.15) is 0 Å². The average Bonchev–Trinajstić information content (AvgIpc) is 1.84. The number of amides is 1. The summed E-state index contributed by atoms with van der Waals surface area (Å²) in [6.07, 6.45) is 0. The number of carbonyl (C=O) groups excluding carboxylic acids is 1. The van der Waals surface area contributed by atoms with Gasteiger partial charge in [0.25, 0.3) is 0 Å². The molecule has 0 saturated carbocycles. The fraction of sp³-hybridized carbons (Fsp3) is 0.875. The molecule has 0 spiro atoms. The molecule has 0 aliphatic carbocycles. The lowest BCUT2D eigenvalue weighted by Crippen LogP contribution is -2.63. The van der Waals surface area contributed by atoms with Gasteiger partial charge >= 0.3 is 0 Å². The molecule has 1 heterocycles. The fourth-order valence-electron chi connectivity index (χ4n) is 1.21. The van der Waals surface area contributed by atoms with Gasteiger partial charge in [0.05, 0.1) is 6.54 Å². The van der Waals surface area contributed by atoms with Crippen LogP contribution in [0, 0.1) is 0 Å². The van der Waals surface area contributed by atoms with Crippen molar-refractivity contribution >= 4 is 5.91 Å². The molecule has 1 amide bonds. The lowest BCUT2D eigenvalue weighted by molar-refractivity contribution is -0.128. The Kier molecular flexibility index (Phi) is 1.92. The molecule has 11 heavy (non-hydrogen) atoms. The molecule has 3 nitrogen and oxygen atoms in total. The molecule has 1 rings (SSSR count). The second-order valence-electron chi connectivity index (χ2n) is 3.80. The van der Waals surface area contributed by atoms with Crippen LogP contribution >= 0.6 is 0 Å². The minimum atomic E-state index is 0.0773. The van der Waals surface area contributed by atoms with Crippen LogP contribution in [0.3, 0.4) is 0 Å². The Labute approximate surface area is 67.8 Å². The van der Waals surface area contributed by atoms with Gasteiger partial charge in [0.2, 0.25) is 5.91 Å². The van der Waals surface area contributed by atoms with Crippen molar-refractivity contribution in [3.63, 3.8) is 0 Å². The van der Waals surface area contributed by atoms with Gasteiger partial charge in [-0.05, 0) is 27.8 Å². The number of nitrogens with zero attached hydrogens (tertiary/aromatic N) is 1. The van der Waals surface area contributed by atoms with Crippen LogP contribution in [-0.4, -0.2) is 36.0 Å². The highest BCUT2D eigenvalue weighted by Gasteiger charge is 2.36. The van der Waals surface area contributed by atoms with Crippen LogP contribution in [-0.2, 0) is 4.79 Å². The number of hydrogen-bond acceptors (Lipinski definition) is 2. The van der Waals surface area contributed by atoms with E-state index in [2.05, 4.69) is 24.1 Å². The van der Waals surface area contributed by atoms with E-state index in [1.165, 1.54) is 0 Å². The zero-order valence-electron chi connectivity index (χ0n) is 7.64. The molecule has 1 aliphatic rings. The van der Waals surface area contributed by atoms with Crippen molar-refractivity contribution in [1.82, 2.24) is 10.2 Å². The quantitative estimate of drug-likeness (QED) is 0.544. The number of piperazine rings is 1. The maximum atomic E-state index is 11.0. The summed E-state index contributed by atoms with van der Waals surface area (Å²) in [6, 6.07) is 0.230. The molecule has 64 valence electrons. The summed E-state index contributed by atoms with van der Waals surface area (Å²) in [6.45, 7) is 6.82. The predicted molar refractivity (Wildman–Crippen MR) is 44.3 cm³/mol. The molecule has 1 N–H and O–H groups in total. The van der Waals surface area contributed by atoms with E-state index in [0.717, 1.165) is 0 Å². The first-order valence-corrected chi connectivity index (χ1v) is 3.95. The normalized spacial score (nSPS) is 31.6. The van der Waals surface area contributed by atoms with Crippen molar-refractivity contribution in [3.05, 3.63) is 0 Å². The van der Waals surface area contributed by atoms with Crippen LogP contribution in [0.15, 0.2) is 0 Å². The third kappa shape index (κ3) is 1.38. The highest BCUT2D eigenvalue weighted by Crippen LogP contribution is 2.19. The predicted octanol–water partition coefficient (Wildman–Crippen LogP) is 0.215. The van der Waals surface area contributed by atoms with Crippen molar-refractivity contribution in [1.29, 1.82) is 0 Å². The zero-order valence-corrected chi connectivity index (χ0v) is 7.64. The summed E-state index contributed by atoms with van der Waals surface area (Å²) in [5, 5.41) is 2.92. The Bertz CT molecular complexity index is 161. The first-order chi connectivity index (χ1) is 4.94. The van der Waals surface area contributed by atoms with Crippen LogP contribution in [0.5, 0.6) is 0 Å². The molecule has 1 fully saturated rings. The van der Waals surface area contributed by atoms with Gasteiger partial charge in [-0.15, -0.1) is 0 Å². The number of carbonyl (C=O) groups is 1. The van der Waals surface area contributed by atoms with E-state index >= 15 is 0 Å². The summed E-state index contributed by atoms with van der Waals surface area (Å²) in [7, 11) is 1.98. The SMILES string of the molecule is CC1NC(=O)CN(C)C1(C)C. The maximum Gasteiger partial charge on any atom is 0.234 e. The van der Waals surface area contributed by atoms with E-state index in [0.29, 0.717) is 6.54 Å². The van der Waals surface area contributed by atoms with Crippen LogP contribution in [0.4, 0.5) is 0 Å². The monoisotopic (exact) mass is 156 g/mol. The topological polar surface area (TPSA) is 32.3 Å². The molecule has 1 atom stereocenters. The number of nitrogens with one attached hydrogen (secondary N) is 1. The van der Waals surface area contributed by atoms with Crippen LogP contribution in [0.25, 0.3) is 0 Å². The second kappa shape index (κ2) is 2.48. The lowest BCUT2D eigenvalue weighted by Gasteiger charge is -2.44. The summed E-state index contributed by atoms with van der Waals surface area (Å²) >= 11 is 0. The highest BCUT2D eigenvalue weighted by molar-refractivity contribution is 5.79. The smallest absolute Gasteiger partial charge is 0.234 e. The Hall–Kier alpha value is -0.570. The van der Waals surface area contributed by atoms with Gasteiger partial charge < -0.3 is 5.32 Å². The van der Waals surface area contributed by atoms with Gasteiger partial charge in [0.15, 0.2) is 0 Å². The third-order valence-corrected chi connectivity index (χ3v) is 2.80. The van der Waals surface area contributed by atoms with Gasteiger partial charge in [-0.3, -0.25) is 9.69 Å². The van der Waals surface area contributed by atoms with Crippen molar-refractivity contribution in [2.45, 2.75) is 32.4 Å². The van der Waals surface area contributed by atoms with Crippen molar-refractivity contribution < 1.29 is 4.79 Å². The Morgan fingerprint density at radius 3 is 2.64 bits per heavy atom.